The maximum atomic E-state index is 4.24. The number of nitrogens with one attached hydrogen (secondary N) is 1. The molecule has 0 bridgehead atoms. The van der Waals surface area contributed by atoms with Gasteiger partial charge in [-0.15, -0.1) is 11.3 Å². The van der Waals surface area contributed by atoms with Gasteiger partial charge < -0.3 is 5.32 Å². The highest BCUT2D eigenvalue weighted by Crippen LogP contribution is 2.11. The Balaban J connectivity index is 1.86. The molecule has 78 valence electrons. The van der Waals surface area contributed by atoms with Crippen LogP contribution in [0.1, 0.15) is 11.3 Å². The molecular formula is C11H13N3S. The highest BCUT2D eigenvalue weighted by molar-refractivity contribution is 7.07. The van der Waals surface area contributed by atoms with Gasteiger partial charge in [-0.3, -0.25) is 4.98 Å². The lowest BCUT2D eigenvalue weighted by Gasteiger charge is -2.07. The summed E-state index contributed by atoms with van der Waals surface area (Å²) in [6, 6.07) is 2.00. The lowest BCUT2D eigenvalue weighted by atomic mass is 10.2. The van der Waals surface area contributed by atoms with E-state index in [2.05, 4.69) is 27.6 Å². The van der Waals surface area contributed by atoms with E-state index < -0.39 is 0 Å². The normalized spacial score (nSPS) is 10.2. The summed E-state index contributed by atoms with van der Waals surface area (Å²) in [5, 5.41) is 5.46. The van der Waals surface area contributed by atoms with E-state index in [-0.39, 0.29) is 0 Å². The number of aryl methyl sites for hydroxylation is 1. The molecule has 1 N–H and O–H groups in total. The molecule has 0 aliphatic carbocycles. The third-order valence-corrected chi connectivity index (χ3v) is 2.84. The van der Waals surface area contributed by atoms with Crippen molar-refractivity contribution in [2.45, 2.75) is 13.3 Å². The molecule has 15 heavy (non-hydrogen) atoms. The van der Waals surface area contributed by atoms with Gasteiger partial charge in [0.1, 0.15) is 0 Å². The average molecular weight is 219 g/mol. The predicted molar refractivity (Wildman–Crippen MR) is 63.3 cm³/mol. The number of rotatable bonds is 4. The van der Waals surface area contributed by atoms with Gasteiger partial charge in [-0.1, -0.05) is 0 Å². The largest absolute Gasteiger partial charge is 0.384 e. The Bertz CT molecular complexity index is 412. The van der Waals surface area contributed by atoms with E-state index in [1.54, 1.807) is 17.5 Å². The molecule has 3 nitrogen and oxygen atoms in total. The first-order chi connectivity index (χ1) is 7.36. The number of anilines is 1. The zero-order chi connectivity index (χ0) is 10.5. The van der Waals surface area contributed by atoms with E-state index in [9.17, 15) is 0 Å². The van der Waals surface area contributed by atoms with Crippen LogP contribution in [0.3, 0.4) is 0 Å². The molecule has 0 saturated carbocycles. The van der Waals surface area contributed by atoms with E-state index in [0.29, 0.717) is 0 Å². The summed E-state index contributed by atoms with van der Waals surface area (Å²) >= 11 is 1.64. The average Bonchev–Trinajstić information content (AvgIpc) is 2.74. The van der Waals surface area contributed by atoms with Crippen molar-refractivity contribution < 1.29 is 0 Å². The quantitative estimate of drug-likeness (QED) is 0.858. The molecule has 0 saturated heterocycles. The third-order valence-electron chi connectivity index (χ3n) is 2.20. The van der Waals surface area contributed by atoms with Crippen molar-refractivity contribution in [2.75, 3.05) is 11.9 Å². The van der Waals surface area contributed by atoms with E-state index in [0.717, 1.165) is 24.3 Å². The molecule has 0 aliphatic heterocycles. The lowest BCUT2D eigenvalue weighted by Crippen LogP contribution is -2.06. The summed E-state index contributed by atoms with van der Waals surface area (Å²) in [7, 11) is 0. The second-order valence-electron chi connectivity index (χ2n) is 3.35. The van der Waals surface area contributed by atoms with Crippen molar-refractivity contribution in [3.63, 3.8) is 0 Å². The van der Waals surface area contributed by atoms with E-state index >= 15 is 0 Å². The minimum atomic E-state index is 0.911. The van der Waals surface area contributed by atoms with Gasteiger partial charge in [0.05, 0.1) is 11.2 Å². The minimum absolute atomic E-state index is 0.911. The molecule has 2 rings (SSSR count). The zero-order valence-electron chi connectivity index (χ0n) is 8.60. The van der Waals surface area contributed by atoms with Gasteiger partial charge in [0.15, 0.2) is 0 Å². The van der Waals surface area contributed by atoms with E-state index in [4.69, 9.17) is 0 Å². The SMILES string of the molecule is Cc1cnccc1NCCc1cscn1. The van der Waals surface area contributed by atoms with Crippen LogP contribution in [0, 0.1) is 6.92 Å². The van der Waals surface area contributed by atoms with Crippen LogP contribution >= 0.6 is 11.3 Å². The molecular weight excluding hydrogens is 206 g/mol. The van der Waals surface area contributed by atoms with Gasteiger partial charge >= 0.3 is 0 Å². The smallest absolute Gasteiger partial charge is 0.0794 e. The fraction of sp³-hybridized carbons (Fsp3) is 0.273. The van der Waals surface area contributed by atoms with Crippen LogP contribution in [0.4, 0.5) is 5.69 Å². The number of nitrogens with zero attached hydrogens (tertiary/aromatic N) is 2. The van der Waals surface area contributed by atoms with Gasteiger partial charge in [0.2, 0.25) is 0 Å². The molecule has 0 spiro atoms. The van der Waals surface area contributed by atoms with Gasteiger partial charge in [-0.05, 0) is 18.6 Å². The number of aromatic nitrogens is 2. The van der Waals surface area contributed by atoms with Crippen LogP contribution < -0.4 is 5.32 Å². The summed E-state index contributed by atoms with van der Waals surface area (Å²) in [5.41, 5.74) is 5.35. The highest BCUT2D eigenvalue weighted by Gasteiger charge is 1.97. The predicted octanol–water partition coefficient (Wildman–Crippen LogP) is 2.50. The maximum absolute atomic E-state index is 4.24. The van der Waals surface area contributed by atoms with Gasteiger partial charge in [-0.25, -0.2) is 4.98 Å². The molecule has 2 heterocycles. The minimum Gasteiger partial charge on any atom is -0.384 e. The summed E-state index contributed by atoms with van der Waals surface area (Å²) in [6.45, 7) is 2.97. The number of hydrogen-bond donors (Lipinski definition) is 1. The number of hydrogen-bond acceptors (Lipinski definition) is 4. The molecule has 0 aromatic carbocycles. The molecule has 0 radical (unpaired) electrons. The molecule has 2 aromatic heterocycles. The second-order valence-corrected chi connectivity index (χ2v) is 4.07. The van der Waals surface area contributed by atoms with E-state index in [1.165, 1.54) is 5.56 Å². The Morgan fingerprint density at radius 1 is 1.47 bits per heavy atom. The fourth-order valence-corrected chi connectivity index (χ4v) is 1.95. The summed E-state index contributed by atoms with van der Waals surface area (Å²) in [5.74, 6) is 0. The lowest BCUT2D eigenvalue weighted by molar-refractivity contribution is 0.974. The zero-order valence-corrected chi connectivity index (χ0v) is 9.42. The van der Waals surface area contributed by atoms with Crippen molar-refractivity contribution in [3.05, 3.63) is 40.6 Å². The Morgan fingerprint density at radius 2 is 2.40 bits per heavy atom. The molecule has 0 unspecified atom stereocenters. The monoisotopic (exact) mass is 219 g/mol. The standard InChI is InChI=1S/C11H13N3S/c1-9-6-12-4-3-11(9)13-5-2-10-7-15-8-14-10/h3-4,6-8H,2,5H2,1H3,(H,12,13). The van der Waals surface area contributed by atoms with Gasteiger partial charge in [0.25, 0.3) is 0 Å². The molecule has 0 fully saturated rings. The topological polar surface area (TPSA) is 37.8 Å². The Labute approximate surface area is 93.2 Å². The van der Waals surface area contributed by atoms with Gasteiger partial charge in [-0.2, -0.15) is 0 Å². The maximum Gasteiger partial charge on any atom is 0.0794 e. The first-order valence-corrected chi connectivity index (χ1v) is 5.82. The Morgan fingerprint density at radius 3 is 3.13 bits per heavy atom. The first-order valence-electron chi connectivity index (χ1n) is 4.88. The summed E-state index contributed by atoms with van der Waals surface area (Å²) in [4.78, 5) is 8.29. The Kier molecular flexibility index (Phi) is 3.29. The van der Waals surface area contributed by atoms with Crippen molar-refractivity contribution in [2.24, 2.45) is 0 Å². The highest BCUT2D eigenvalue weighted by atomic mass is 32.1. The van der Waals surface area contributed by atoms with Crippen LogP contribution in [0.25, 0.3) is 0 Å². The molecule has 0 atom stereocenters. The van der Waals surface area contributed by atoms with Crippen LogP contribution in [0.2, 0.25) is 0 Å². The van der Waals surface area contributed by atoms with Crippen molar-refractivity contribution in [1.29, 1.82) is 0 Å². The Hall–Kier alpha value is -1.42. The molecule has 0 amide bonds. The van der Waals surface area contributed by atoms with Crippen molar-refractivity contribution in [1.82, 2.24) is 9.97 Å². The molecule has 2 aromatic rings. The second kappa shape index (κ2) is 4.89. The summed E-state index contributed by atoms with van der Waals surface area (Å²) in [6.07, 6.45) is 4.63. The fourth-order valence-electron chi connectivity index (χ4n) is 1.36. The van der Waals surface area contributed by atoms with Crippen LogP contribution in [0.5, 0.6) is 0 Å². The van der Waals surface area contributed by atoms with E-state index in [1.807, 2.05) is 17.8 Å². The van der Waals surface area contributed by atoms with Crippen LogP contribution in [-0.2, 0) is 6.42 Å². The number of thiazole rings is 1. The molecule has 0 aliphatic rings. The molecule has 4 heteroatoms. The third kappa shape index (κ3) is 2.76. The van der Waals surface area contributed by atoms with Crippen molar-refractivity contribution >= 4 is 17.0 Å². The summed E-state index contributed by atoms with van der Waals surface area (Å²) < 4.78 is 0. The number of pyridine rings is 1. The van der Waals surface area contributed by atoms with Crippen molar-refractivity contribution in [3.8, 4) is 0 Å². The van der Waals surface area contributed by atoms with Crippen LogP contribution in [-0.4, -0.2) is 16.5 Å². The van der Waals surface area contributed by atoms with Gasteiger partial charge in [0, 0.05) is 36.4 Å². The van der Waals surface area contributed by atoms with Crippen LogP contribution in [0.15, 0.2) is 29.4 Å². The first kappa shape index (κ1) is 10.1.